The molecule has 2 heterocycles. The molecule has 0 saturated carbocycles. The Morgan fingerprint density at radius 2 is 1.76 bits per heavy atom. The molecule has 106 valence electrons. The lowest BCUT2D eigenvalue weighted by atomic mass is 10.3. The molecule has 6 nitrogen and oxygen atoms in total. The normalized spacial score (nSPS) is 10.5. The molecule has 0 bridgehead atoms. The summed E-state index contributed by atoms with van der Waals surface area (Å²) in [5.74, 6) is 1.52. The number of aromatic nitrogens is 4. The van der Waals surface area contributed by atoms with Gasteiger partial charge in [-0.25, -0.2) is 9.97 Å². The smallest absolute Gasteiger partial charge is 0.240 e. The van der Waals surface area contributed by atoms with Gasteiger partial charge in [-0.15, -0.1) is 0 Å². The second kappa shape index (κ2) is 6.60. The minimum absolute atomic E-state index is 0.432. The van der Waals surface area contributed by atoms with Crippen molar-refractivity contribution in [3.05, 3.63) is 54.7 Å². The number of nitrogens with one attached hydrogen (secondary N) is 1. The molecular formula is C15H15N5O. The van der Waals surface area contributed by atoms with Crippen molar-refractivity contribution in [3.63, 3.8) is 0 Å². The quantitative estimate of drug-likeness (QED) is 0.700. The Kier molecular flexibility index (Phi) is 4.16. The van der Waals surface area contributed by atoms with Gasteiger partial charge in [-0.3, -0.25) is 0 Å². The highest BCUT2D eigenvalue weighted by atomic mass is 16.5. The third-order valence-electron chi connectivity index (χ3n) is 2.90. The van der Waals surface area contributed by atoms with E-state index in [-0.39, 0.29) is 0 Å². The van der Waals surface area contributed by atoms with Crippen LogP contribution in [0.5, 0.6) is 0 Å². The van der Waals surface area contributed by atoms with E-state index in [0.29, 0.717) is 17.5 Å². The number of para-hydroxylation sites is 1. The second-order valence-electron chi connectivity index (χ2n) is 4.48. The Labute approximate surface area is 122 Å². The highest BCUT2D eigenvalue weighted by Crippen LogP contribution is 2.10. The van der Waals surface area contributed by atoms with Gasteiger partial charge >= 0.3 is 0 Å². The number of hydrogen-bond acceptors (Lipinski definition) is 6. The average molecular weight is 281 g/mol. The van der Waals surface area contributed by atoms with Crippen LogP contribution in [0.3, 0.4) is 0 Å². The SMILES string of the molecule is c1ccc(NCCCc2nc(-c3ncccn3)no2)cc1. The largest absolute Gasteiger partial charge is 0.385 e. The fraction of sp³-hybridized carbons (Fsp3) is 0.200. The topological polar surface area (TPSA) is 76.7 Å². The first kappa shape index (κ1) is 13.2. The summed E-state index contributed by atoms with van der Waals surface area (Å²) in [4.78, 5) is 12.5. The van der Waals surface area contributed by atoms with Gasteiger partial charge in [-0.05, 0) is 24.6 Å². The monoisotopic (exact) mass is 281 g/mol. The van der Waals surface area contributed by atoms with Crippen molar-refractivity contribution in [2.24, 2.45) is 0 Å². The molecule has 0 aliphatic heterocycles. The summed E-state index contributed by atoms with van der Waals surface area (Å²) in [6.45, 7) is 0.851. The van der Waals surface area contributed by atoms with Crippen LogP contribution in [0.25, 0.3) is 11.6 Å². The predicted octanol–water partition coefficient (Wildman–Crippen LogP) is 2.57. The van der Waals surface area contributed by atoms with Gasteiger partial charge in [0.05, 0.1) is 0 Å². The van der Waals surface area contributed by atoms with Crippen molar-refractivity contribution in [2.75, 3.05) is 11.9 Å². The number of nitrogens with zero attached hydrogens (tertiary/aromatic N) is 4. The summed E-state index contributed by atoms with van der Waals surface area (Å²) < 4.78 is 5.20. The lowest BCUT2D eigenvalue weighted by Crippen LogP contribution is -2.02. The molecule has 0 radical (unpaired) electrons. The predicted molar refractivity (Wildman–Crippen MR) is 78.6 cm³/mol. The van der Waals surface area contributed by atoms with Crippen LogP contribution in [-0.4, -0.2) is 26.7 Å². The maximum atomic E-state index is 5.20. The Bertz CT molecular complexity index is 669. The van der Waals surface area contributed by atoms with Gasteiger partial charge in [-0.2, -0.15) is 4.98 Å². The maximum Gasteiger partial charge on any atom is 0.240 e. The third kappa shape index (κ3) is 3.62. The summed E-state index contributed by atoms with van der Waals surface area (Å²) >= 11 is 0. The van der Waals surface area contributed by atoms with Crippen LogP contribution in [0.15, 0.2) is 53.3 Å². The van der Waals surface area contributed by atoms with E-state index in [1.54, 1.807) is 18.5 Å². The van der Waals surface area contributed by atoms with Crippen LogP contribution in [0.1, 0.15) is 12.3 Å². The molecule has 2 aromatic heterocycles. The van der Waals surface area contributed by atoms with Crippen molar-refractivity contribution in [1.29, 1.82) is 0 Å². The Morgan fingerprint density at radius 3 is 2.57 bits per heavy atom. The minimum Gasteiger partial charge on any atom is -0.385 e. The van der Waals surface area contributed by atoms with Crippen LogP contribution in [0.4, 0.5) is 5.69 Å². The molecule has 0 aliphatic carbocycles. The molecule has 0 atom stereocenters. The van der Waals surface area contributed by atoms with E-state index < -0.39 is 0 Å². The number of benzene rings is 1. The van der Waals surface area contributed by atoms with Crippen LogP contribution in [0.2, 0.25) is 0 Å². The van der Waals surface area contributed by atoms with E-state index in [9.17, 15) is 0 Å². The van der Waals surface area contributed by atoms with Crippen molar-refractivity contribution in [1.82, 2.24) is 20.1 Å². The van der Waals surface area contributed by atoms with E-state index >= 15 is 0 Å². The van der Waals surface area contributed by atoms with Crippen LogP contribution >= 0.6 is 0 Å². The summed E-state index contributed by atoms with van der Waals surface area (Å²) in [6, 6.07) is 11.8. The number of aryl methyl sites for hydroxylation is 1. The Balaban J connectivity index is 1.49. The highest BCUT2D eigenvalue weighted by molar-refractivity contribution is 5.42. The van der Waals surface area contributed by atoms with Crippen molar-refractivity contribution in [2.45, 2.75) is 12.8 Å². The first-order chi connectivity index (χ1) is 10.4. The Hall–Kier alpha value is -2.76. The lowest BCUT2D eigenvalue weighted by molar-refractivity contribution is 0.377. The molecule has 1 N–H and O–H groups in total. The van der Waals surface area contributed by atoms with Crippen LogP contribution in [0, 0.1) is 0 Å². The van der Waals surface area contributed by atoms with Crippen molar-refractivity contribution < 1.29 is 4.52 Å². The number of hydrogen-bond donors (Lipinski definition) is 1. The zero-order valence-electron chi connectivity index (χ0n) is 11.4. The number of anilines is 1. The lowest BCUT2D eigenvalue weighted by Gasteiger charge is -2.03. The average Bonchev–Trinajstić information content (AvgIpc) is 3.02. The molecule has 0 fully saturated rings. The van der Waals surface area contributed by atoms with Crippen LogP contribution < -0.4 is 5.32 Å². The third-order valence-corrected chi connectivity index (χ3v) is 2.90. The summed E-state index contributed by atoms with van der Waals surface area (Å²) in [6.07, 6.45) is 4.94. The van der Waals surface area contributed by atoms with Gasteiger partial charge in [0.25, 0.3) is 0 Å². The van der Waals surface area contributed by atoms with Gasteiger partial charge in [0.15, 0.2) is 0 Å². The maximum absolute atomic E-state index is 5.20. The molecule has 6 heteroatoms. The molecule has 0 saturated heterocycles. The van der Waals surface area contributed by atoms with E-state index in [1.807, 2.05) is 30.3 Å². The van der Waals surface area contributed by atoms with E-state index in [2.05, 4.69) is 25.4 Å². The molecule has 0 unspecified atom stereocenters. The first-order valence-corrected chi connectivity index (χ1v) is 6.81. The van der Waals surface area contributed by atoms with Gasteiger partial charge in [-0.1, -0.05) is 23.4 Å². The number of rotatable bonds is 6. The zero-order chi connectivity index (χ0) is 14.3. The highest BCUT2D eigenvalue weighted by Gasteiger charge is 2.09. The van der Waals surface area contributed by atoms with Gasteiger partial charge < -0.3 is 9.84 Å². The molecular weight excluding hydrogens is 266 g/mol. The molecule has 3 aromatic rings. The van der Waals surface area contributed by atoms with E-state index in [0.717, 1.165) is 25.1 Å². The van der Waals surface area contributed by atoms with Crippen molar-refractivity contribution in [3.8, 4) is 11.6 Å². The van der Waals surface area contributed by atoms with Gasteiger partial charge in [0, 0.05) is 31.0 Å². The minimum atomic E-state index is 0.432. The van der Waals surface area contributed by atoms with Gasteiger partial charge in [0.1, 0.15) is 0 Å². The fourth-order valence-corrected chi connectivity index (χ4v) is 1.89. The van der Waals surface area contributed by atoms with E-state index in [4.69, 9.17) is 4.52 Å². The van der Waals surface area contributed by atoms with Gasteiger partial charge in [0.2, 0.25) is 17.5 Å². The first-order valence-electron chi connectivity index (χ1n) is 6.81. The molecule has 0 aliphatic rings. The Morgan fingerprint density at radius 1 is 0.952 bits per heavy atom. The molecule has 3 rings (SSSR count). The van der Waals surface area contributed by atoms with E-state index in [1.165, 1.54) is 0 Å². The molecule has 0 amide bonds. The summed E-state index contributed by atoms with van der Waals surface area (Å²) in [5.41, 5.74) is 1.11. The molecule has 1 aromatic carbocycles. The van der Waals surface area contributed by atoms with Crippen molar-refractivity contribution >= 4 is 5.69 Å². The summed E-state index contributed by atoms with van der Waals surface area (Å²) in [5, 5.41) is 7.23. The zero-order valence-corrected chi connectivity index (χ0v) is 11.4. The second-order valence-corrected chi connectivity index (χ2v) is 4.48. The van der Waals surface area contributed by atoms with Crippen LogP contribution in [-0.2, 0) is 6.42 Å². The fourth-order valence-electron chi connectivity index (χ4n) is 1.89. The molecule has 21 heavy (non-hydrogen) atoms. The standard InChI is InChI=1S/C15H15N5O/c1-2-6-12(7-3-1)16-9-4-8-13-19-15(20-21-13)14-17-10-5-11-18-14/h1-3,5-7,10-11,16H,4,8-9H2. The molecule has 0 spiro atoms. The summed E-state index contributed by atoms with van der Waals surface area (Å²) in [7, 11) is 0.